The highest BCUT2D eigenvalue weighted by atomic mass is 35.5. The van der Waals surface area contributed by atoms with Crippen LogP contribution in [0.2, 0.25) is 10.0 Å². The van der Waals surface area contributed by atoms with Gasteiger partial charge in [0.1, 0.15) is 6.67 Å². The van der Waals surface area contributed by atoms with Crippen LogP contribution < -0.4 is 33.6 Å². The summed E-state index contributed by atoms with van der Waals surface area (Å²) in [6, 6.07) is 13.8. The third-order valence-corrected chi connectivity index (χ3v) is 7.25. The average Bonchev–Trinajstić information content (AvgIpc) is 3.72. The molecule has 10 nitrogen and oxygen atoms in total. The number of terminal acetylenes is 2. The number of guanidine groups is 4. The summed E-state index contributed by atoms with van der Waals surface area (Å²) in [6.07, 6.45) is 9.75. The van der Waals surface area contributed by atoms with Crippen LogP contribution in [0.3, 0.4) is 0 Å². The molecule has 0 atom stereocenters. The fraction of sp³-hybridized carbons (Fsp3) is 0.0633. The fourth-order valence-corrected chi connectivity index (χ4v) is 3.87. The van der Waals surface area contributed by atoms with E-state index < -0.39 is 0 Å². The molecule has 10 N–H and O–H groups in total. The summed E-state index contributed by atoms with van der Waals surface area (Å²) in [6.45, 7) is 6.70. The summed E-state index contributed by atoms with van der Waals surface area (Å²) in [4.78, 5) is 15.6. The predicted octanol–water partition coefficient (Wildman–Crippen LogP) is 4.13. The zero-order valence-corrected chi connectivity index (χ0v) is 49.8. The minimum absolute atomic E-state index is 0.0555. The lowest BCUT2D eigenvalue weighted by molar-refractivity contribution is 1.04. The maximum absolute atomic E-state index is 5.82. The first-order chi connectivity index (χ1) is 44.6. The van der Waals surface area contributed by atoms with Crippen LogP contribution in [-0.2, 0) is 0 Å². The van der Waals surface area contributed by atoms with Crippen molar-refractivity contribution in [1.29, 1.82) is 0 Å². The lowest BCUT2D eigenvalue weighted by atomic mass is 10.3. The Kier molecular flexibility index (Phi) is 53.1. The van der Waals surface area contributed by atoms with Gasteiger partial charge in [-0.25, -0.2) is 9.98 Å². The number of aliphatic imine (C=N–C) groups is 4. The van der Waals surface area contributed by atoms with Crippen molar-refractivity contribution in [2.24, 2.45) is 42.9 Å². The van der Waals surface area contributed by atoms with Gasteiger partial charge in [-0.05, 0) is 313 Å². The first-order valence-electron chi connectivity index (χ1n) is 24.0. The van der Waals surface area contributed by atoms with Crippen molar-refractivity contribution in [1.82, 2.24) is 0 Å². The molecule has 0 aliphatic heterocycles. The molecule has 2 aromatic rings. The topological polar surface area (TPSA) is 178 Å². The molecule has 0 aliphatic rings. The molecule has 0 heterocycles. The lowest BCUT2D eigenvalue weighted by Gasteiger charge is -2.05. The van der Waals surface area contributed by atoms with Gasteiger partial charge in [-0.15, -0.1) is 12.8 Å². The second kappa shape index (κ2) is 62.9. The Balaban J connectivity index is 0. The van der Waals surface area contributed by atoms with Gasteiger partial charge in [0.25, 0.3) is 0 Å². The van der Waals surface area contributed by atoms with Crippen LogP contribution in [-0.4, -0.2) is 30.5 Å². The molecule has 0 aliphatic carbocycles. The molecule has 414 valence electrons. The molecule has 0 saturated carbocycles. The Morgan fingerprint density at radius 2 is 0.462 bits per heavy atom. The van der Waals surface area contributed by atoms with Gasteiger partial charge in [0.15, 0.2) is 0 Å². The highest BCUT2D eigenvalue weighted by molar-refractivity contribution is 6.31. The zero-order valence-electron chi connectivity index (χ0n) is 48.3. The predicted molar refractivity (Wildman–Crippen MR) is 372 cm³/mol. The van der Waals surface area contributed by atoms with Gasteiger partial charge >= 0.3 is 0 Å². The second-order valence-electron chi connectivity index (χ2n) is 13.0. The number of rotatable bonds is 4. The van der Waals surface area contributed by atoms with E-state index in [1.165, 1.54) is 0 Å². The SMILES string of the molecule is C#CC#CC#CC#CC#CC.C#CC#CC#CC#CC#CC#CC#CC#CC#CC#CC#CC#CC#CC.CC#CC#CC#CC#CC#CC#CC#CC#CC#CC#CC#CC.NC(=NCN=C(N)N=C(N)Nc1ccc(Cl)cc1)N=C(N)Nc1ccc(Cl)cc1. The number of nitrogens with one attached hydrogen (secondary N) is 2. The van der Waals surface area contributed by atoms with Crippen molar-refractivity contribution in [2.45, 2.75) is 27.7 Å². The first-order valence-corrected chi connectivity index (χ1v) is 24.7. The van der Waals surface area contributed by atoms with E-state index in [1.807, 2.05) is 0 Å². The molecule has 12 heteroatoms. The number of halogens is 2. The third kappa shape index (κ3) is 61.2. The molecule has 0 fully saturated rings. The molecule has 0 unspecified atom stereocenters. The molecule has 2 rings (SSSR count). The number of hydrogen-bond donors (Lipinski definition) is 6. The molecule has 0 aromatic heterocycles. The van der Waals surface area contributed by atoms with Crippen LogP contribution in [0.4, 0.5) is 11.4 Å². The number of hydrogen-bond acceptors (Lipinski definition) is 2. The largest absolute Gasteiger partial charge is 0.369 e. The van der Waals surface area contributed by atoms with Crippen molar-refractivity contribution in [2.75, 3.05) is 17.3 Å². The lowest BCUT2D eigenvalue weighted by Crippen LogP contribution is -2.26. The van der Waals surface area contributed by atoms with Gasteiger partial charge < -0.3 is 33.6 Å². The Hall–Kier alpha value is -16.3. The Labute approximate surface area is 546 Å². The quantitative estimate of drug-likeness (QED) is 0.153. The number of anilines is 2. The van der Waals surface area contributed by atoms with Gasteiger partial charge in [0.2, 0.25) is 23.8 Å². The highest BCUT2D eigenvalue weighted by Crippen LogP contribution is 2.13. The molecular weight excluding hydrogens is 1160 g/mol. The molecule has 0 spiro atoms. The van der Waals surface area contributed by atoms with E-state index >= 15 is 0 Å². The molecule has 0 radical (unpaired) electrons. The minimum atomic E-state index is -0.104. The van der Waals surface area contributed by atoms with Crippen LogP contribution >= 0.6 is 23.2 Å². The normalized spacial score (nSPS) is 6.86. The second-order valence-corrected chi connectivity index (χ2v) is 13.8. The van der Waals surface area contributed by atoms with E-state index in [0.29, 0.717) is 21.4 Å². The Morgan fingerprint density at radius 1 is 0.297 bits per heavy atom. The maximum Gasteiger partial charge on any atom is 0.220 e. The Morgan fingerprint density at radius 3 is 0.626 bits per heavy atom. The molecule has 91 heavy (non-hydrogen) atoms. The van der Waals surface area contributed by atoms with Gasteiger partial charge in [0, 0.05) is 92.5 Å². The van der Waals surface area contributed by atoms with Crippen LogP contribution in [0, 0.1) is 344 Å². The summed E-state index contributed by atoms with van der Waals surface area (Å²) < 4.78 is 0. The van der Waals surface area contributed by atoms with Crippen molar-refractivity contribution >= 4 is 58.4 Å². The van der Waals surface area contributed by atoms with Gasteiger partial charge in [-0.3, -0.25) is 0 Å². The molecule has 0 amide bonds. The van der Waals surface area contributed by atoms with E-state index in [0.717, 1.165) is 0 Å². The highest BCUT2D eigenvalue weighted by Gasteiger charge is 1.99. The van der Waals surface area contributed by atoms with Crippen molar-refractivity contribution in [3.05, 3.63) is 58.6 Å². The first kappa shape index (κ1) is 76.8. The van der Waals surface area contributed by atoms with E-state index in [9.17, 15) is 0 Å². The van der Waals surface area contributed by atoms with Crippen LogP contribution in [0.15, 0.2) is 68.5 Å². The number of benzene rings is 2. The molecule has 2 aromatic carbocycles. The van der Waals surface area contributed by atoms with Crippen LogP contribution in [0.25, 0.3) is 0 Å². The molecule has 0 saturated heterocycles. The fourth-order valence-electron chi connectivity index (χ4n) is 3.61. The minimum Gasteiger partial charge on any atom is -0.369 e. The van der Waals surface area contributed by atoms with E-state index in [4.69, 9.17) is 59.0 Å². The smallest absolute Gasteiger partial charge is 0.220 e. The summed E-state index contributed by atoms with van der Waals surface area (Å²) in [5.74, 6) is 139. The summed E-state index contributed by atoms with van der Waals surface area (Å²) in [7, 11) is 0. The van der Waals surface area contributed by atoms with E-state index in [-0.39, 0.29) is 30.5 Å². The van der Waals surface area contributed by atoms with Crippen LogP contribution in [0.1, 0.15) is 27.7 Å². The van der Waals surface area contributed by atoms with Gasteiger partial charge in [-0.2, -0.15) is 9.98 Å². The maximum atomic E-state index is 5.82. The third-order valence-electron chi connectivity index (χ3n) is 6.75. The zero-order chi connectivity index (χ0) is 66.8. The average molecular weight is 1190 g/mol. The van der Waals surface area contributed by atoms with E-state index in [2.05, 4.69) is 362 Å². The summed E-state index contributed by atoms with van der Waals surface area (Å²) >= 11 is 11.6. The van der Waals surface area contributed by atoms with Crippen molar-refractivity contribution < 1.29 is 0 Å². The molecular formula is C79H34Cl2N10. The standard InChI is InChI=1S/C27H4.C24H6.C17H20Cl2N10.C11H4/c1-3-5-7-9-11-13-15-17-19-21-23-25-27-26-24-22-20-18-16-14-12-10-8-6-4-2;1-3-5-7-9-11-13-15-17-19-21-23-24-22-20-18-16-14-12-10-8-6-4-2;18-10-1-5-12(6-2-10)26-16(22)28-14(20)24-9-25-15(21)29-17(23)27-13-7-3-11(19)4-8-13;1-3-5-7-9-11-10-8-6-4-2/h1H,2H3;1-2H3;1-8H,9H2,(H5,20,22,24,26,28)(H5,21,23,25,27,29);1H,2H3. The number of nitrogens with two attached hydrogens (primary N) is 4. The molecule has 0 bridgehead atoms. The summed E-state index contributed by atoms with van der Waals surface area (Å²) in [5, 5.41) is 6.90. The monoisotopic (exact) mass is 1190 g/mol. The number of nitrogens with zero attached hydrogens (tertiary/aromatic N) is 4. The van der Waals surface area contributed by atoms with Gasteiger partial charge in [-0.1, -0.05) is 46.9 Å². The van der Waals surface area contributed by atoms with Crippen molar-refractivity contribution in [3.8, 4) is 344 Å². The van der Waals surface area contributed by atoms with E-state index in [1.54, 1.807) is 76.2 Å². The van der Waals surface area contributed by atoms with Crippen molar-refractivity contribution in [3.63, 3.8) is 0 Å². The van der Waals surface area contributed by atoms with Crippen LogP contribution in [0.5, 0.6) is 0 Å². The van der Waals surface area contributed by atoms with Gasteiger partial charge in [0.05, 0.1) is 0 Å². The Bertz CT molecular complexity index is 4980. The summed E-state index contributed by atoms with van der Waals surface area (Å²) in [5.41, 5.74) is 24.3.